The van der Waals surface area contributed by atoms with Crippen LogP contribution < -0.4 is 0 Å². The summed E-state index contributed by atoms with van der Waals surface area (Å²) < 4.78 is 22.4. The molecule has 0 aliphatic rings. The molecule has 0 rings (SSSR count). The number of aliphatic carboxylic acids is 1. The van der Waals surface area contributed by atoms with E-state index in [0.717, 1.165) is 64.2 Å². The molecule has 0 heterocycles. The van der Waals surface area contributed by atoms with Crippen LogP contribution in [0.1, 0.15) is 123 Å². The first-order chi connectivity index (χ1) is 20.1. The van der Waals surface area contributed by atoms with Gasteiger partial charge in [0.15, 0.2) is 6.10 Å². The van der Waals surface area contributed by atoms with Crippen LogP contribution in [-0.4, -0.2) is 87.4 Å². The number of quaternary nitrogens is 1. The van der Waals surface area contributed by atoms with Crippen molar-refractivity contribution in [3.63, 3.8) is 0 Å². The van der Waals surface area contributed by atoms with Crippen molar-refractivity contribution in [1.82, 2.24) is 0 Å². The maximum absolute atomic E-state index is 12.5. The fraction of sp³-hybridized carbons (Fsp3) is 0.848. The highest BCUT2D eigenvalue weighted by atomic mass is 16.7. The van der Waals surface area contributed by atoms with Crippen molar-refractivity contribution in [2.45, 2.75) is 135 Å². The van der Waals surface area contributed by atoms with Gasteiger partial charge >= 0.3 is 17.9 Å². The minimum absolute atomic E-state index is 0.184. The topological polar surface area (TPSA) is 108 Å². The number of carbonyl (C=O) groups is 3. The quantitative estimate of drug-likeness (QED) is 0.0328. The Morgan fingerprint density at radius 2 is 1.21 bits per heavy atom. The zero-order valence-corrected chi connectivity index (χ0v) is 27.4. The van der Waals surface area contributed by atoms with E-state index in [1.54, 1.807) is 0 Å². The molecule has 2 unspecified atom stereocenters. The van der Waals surface area contributed by atoms with E-state index < -0.39 is 24.3 Å². The number of esters is 2. The van der Waals surface area contributed by atoms with E-state index in [4.69, 9.17) is 18.9 Å². The van der Waals surface area contributed by atoms with Crippen LogP contribution in [0.4, 0.5) is 0 Å². The molecule has 0 amide bonds. The molecule has 0 fully saturated rings. The predicted octanol–water partition coefficient (Wildman–Crippen LogP) is 6.82. The van der Waals surface area contributed by atoms with Crippen LogP contribution in [0.3, 0.4) is 0 Å². The minimum Gasteiger partial charge on any atom is -0.477 e. The van der Waals surface area contributed by atoms with E-state index in [0.29, 0.717) is 23.9 Å². The van der Waals surface area contributed by atoms with Crippen molar-refractivity contribution in [2.24, 2.45) is 0 Å². The Labute approximate surface area is 255 Å². The molecule has 0 saturated carbocycles. The number of carbonyl (C=O) groups excluding carboxylic acids is 2. The van der Waals surface area contributed by atoms with Gasteiger partial charge in [-0.25, -0.2) is 4.79 Å². The highest BCUT2D eigenvalue weighted by Gasteiger charge is 2.25. The number of allylic oxidation sites excluding steroid dienone is 2. The van der Waals surface area contributed by atoms with E-state index in [9.17, 15) is 19.5 Å². The summed E-state index contributed by atoms with van der Waals surface area (Å²) in [6, 6.07) is 0. The first-order valence-corrected chi connectivity index (χ1v) is 16.4. The third kappa shape index (κ3) is 26.9. The highest BCUT2D eigenvalue weighted by molar-refractivity contribution is 5.71. The second kappa shape index (κ2) is 26.6. The number of likely N-dealkylation sites (N-methyl/N-ethyl adjacent to an activating group) is 1. The van der Waals surface area contributed by atoms with Crippen LogP contribution in [0.5, 0.6) is 0 Å². The summed E-state index contributed by atoms with van der Waals surface area (Å²) in [4.78, 5) is 36.4. The van der Waals surface area contributed by atoms with Gasteiger partial charge in [-0.05, 0) is 38.5 Å². The SMILES string of the molecule is CCCCC/C=C\CCCCCCCC(=O)OC(COC(=O)CCCCCCC)COC(OCC[N+](C)(C)C)C(=O)O. The molecular formula is C33H62NO8+. The summed E-state index contributed by atoms with van der Waals surface area (Å²) >= 11 is 0. The van der Waals surface area contributed by atoms with Crippen molar-refractivity contribution in [3.05, 3.63) is 12.2 Å². The lowest BCUT2D eigenvalue weighted by molar-refractivity contribution is -0.870. The second-order valence-electron chi connectivity index (χ2n) is 12.1. The Kier molecular flexibility index (Phi) is 25.4. The summed E-state index contributed by atoms with van der Waals surface area (Å²) in [5, 5.41) is 9.50. The molecule has 246 valence electrons. The average Bonchev–Trinajstić information content (AvgIpc) is 2.93. The van der Waals surface area contributed by atoms with Crippen LogP contribution in [-0.2, 0) is 33.3 Å². The van der Waals surface area contributed by atoms with Gasteiger partial charge < -0.3 is 28.5 Å². The molecule has 9 nitrogen and oxygen atoms in total. The fourth-order valence-electron chi connectivity index (χ4n) is 4.12. The maximum atomic E-state index is 12.5. The van der Waals surface area contributed by atoms with E-state index in [-0.39, 0.29) is 32.2 Å². The van der Waals surface area contributed by atoms with Crippen LogP contribution >= 0.6 is 0 Å². The Morgan fingerprint density at radius 3 is 1.81 bits per heavy atom. The molecule has 0 bridgehead atoms. The van der Waals surface area contributed by atoms with Crippen LogP contribution in [0, 0.1) is 0 Å². The maximum Gasteiger partial charge on any atom is 0.361 e. The molecule has 0 aromatic rings. The van der Waals surface area contributed by atoms with Gasteiger partial charge in [0.05, 0.1) is 34.4 Å². The number of hydrogen-bond acceptors (Lipinski definition) is 7. The normalized spacial score (nSPS) is 13.3. The fourth-order valence-corrected chi connectivity index (χ4v) is 4.12. The second-order valence-corrected chi connectivity index (χ2v) is 12.1. The molecule has 0 saturated heterocycles. The summed E-state index contributed by atoms with van der Waals surface area (Å²) in [6.07, 6.45) is 18.8. The molecule has 1 N–H and O–H groups in total. The molecule has 42 heavy (non-hydrogen) atoms. The zero-order valence-electron chi connectivity index (χ0n) is 27.4. The molecule has 0 spiro atoms. The largest absolute Gasteiger partial charge is 0.477 e. The average molecular weight is 601 g/mol. The molecular weight excluding hydrogens is 538 g/mol. The number of unbranched alkanes of at least 4 members (excludes halogenated alkanes) is 12. The lowest BCUT2D eigenvalue weighted by atomic mass is 10.1. The van der Waals surface area contributed by atoms with E-state index in [1.807, 2.05) is 21.1 Å². The number of carboxylic acids is 1. The van der Waals surface area contributed by atoms with Crippen molar-refractivity contribution < 1.29 is 42.9 Å². The molecule has 0 radical (unpaired) electrons. The standard InChI is InChI=1S/C33H61NO8/c1-6-8-10-12-13-14-15-16-17-18-20-22-24-31(36)42-29(27-40-30(35)23-21-19-11-9-7-2)28-41-33(32(37)38)39-26-25-34(3,4)5/h13-14,29,33H,6-12,15-28H2,1-5H3/p+1/b14-13-. The first kappa shape index (κ1) is 40.0. The minimum atomic E-state index is -1.50. The van der Waals surface area contributed by atoms with Gasteiger partial charge in [0.25, 0.3) is 6.29 Å². The van der Waals surface area contributed by atoms with E-state index >= 15 is 0 Å². The van der Waals surface area contributed by atoms with Crippen LogP contribution in [0.25, 0.3) is 0 Å². The van der Waals surface area contributed by atoms with Gasteiger partial charge in [-0.2, -0.15) is 0 Å². The van der Waals surface area contributed by atoms with Crippen molar-refractivity contribution >= 4 is 17.9 Å². The van der Waals surface area contributed by atoms with E-state index in [1.165, 1.54) is 25.7 Å². The lowest BCUT2D eigenvalue weighted by Gasteiger charge is -2.25. The number of ether oxygens (including phenoxy) is 4. The molecule has 9 heteroatoms. The summed E-state index contributed by atoms with van der Waals surface area (Å²) in [7, 11) is 5.92. The summed E-state index contributed by atoms with van der Waals surface area (Å²) in [5.74, 6) is -2.04. The lowest BCUT2D eigenvalue weighted by Crippen LogP contribution is -2.40. The van der Waals surface area contributed by atoms with Gasteiger partial charge in [0.2, 0.25) is 0 Å². The van der Waals surface area contributed by atoms with Crippen LogP contribution in [0.15, 0.2) is 12.2 Å². The predicted molar refractivity (Wildman–Crippen MR) is 166 cm³/mol. The highest BCUT2D eigenvalue weighted by Crippen LogP contribution is 2.11. The molecule has 0 aromatic carbocycles. The molecule has 2 atom stereocenters. The van der Waals surface area contributed by atoms with Gasteiger partial charge in [0, 0.05) is 12.8 Å². The number of rotatable bonds is 29. The Morgan fingerprint density at radius 1 is 0.690 bits per heavy atom. The summed E-state index contributed by atoms with van der Waals surface area (Å²) in [5.41, 5.74) is 0. The number of carboxylic acid groups (broad SMARTS) is 1. The Hall–Kier alpha value is -1.97. The third-order valence-corrected chi connectivity index (χ3v) is 6.77. The number of nitrogens with zero attached hydrogens (tertiary/aromatic N) is 1. The number of hydrogen-bond donors (Lipinski definition) is 1. The van der Waals surface area contributed by atoms with Crippen LogP contribution in [0.2, 0.25) is 0 Å². The Balaban J connectivity index is 4.59. The monoisotopic (exact) mass is 600 g/mol. The van der Waals surface area contributed by atoms with E-state index in [2.05, 4.69) is 26.0 Å². The van der Waals surface area contributed by atoms with Gasteiger partial charge in [-0.1, -0.05) is 83.8 Å². The Bertz CT molecular complexity index is 719. The zero-order chi connectivity index (χ0) is 31.5. The van der Waals surface area contributed by atoms with Gasteiger partial charge in [-0.3, -0.25) is 9.59 Å². The van der Waals surface area contributed by atoms with Crippen molar-refractivity contribution in [1.29, 1.82) is 0 Å². The molecule has 0 aliphatic heterocycles. The van der Waals surface area contributed by atoms with Crippen molar-refractivity contribution in [2.75, 3.05) is 47.5 Å². The molecule has 0 aromatic heterocycles. The van der Waals surface area contributed by atoms with Gasteiger partial charge in [0.1, 0.15) is 13.2 Å². The third-order valence-electron chi connectivity index (χ3n) is 6.77. The first-order valence-electron chi connectivity index (χ1n) is 16.4. The van der Waals surface area contributed by atoms with Gasteiger partial charge in [-0.15, -0.1) is 0 Å². The molecule has 0 aliphatic carbocycles. The van der Waals surface area contributed by atoms with Crippen molar-refractivity contribution in [3.8, 4) is 0 Å². The smallest absolute Gasteiger partial charge is 0.361 e. The summed E-state index contributed by atoms with van der Waals surface area (Å²) in [6.45, 7) is 4.70.